The zero-order chi connectivity index (χ0) is 14.2. The molecular weight excluding hydrogens is 236 g/mol. The van der Waals surface area contributed by atoms with Crippen LogP contribution in [0.3, 0.4) is 0 Å². The van der Waals surface area contributed by atoms with Crippen molar-refractivity contribution in [2.24, 2.45) is 0 Å². The predicted octanol–water partition coefficient (Wildman–Crippen LogP) is -1.65. The number of nitrogens with one attached hydrogen (secondary N) is 4. The maximum absolute atomic E-state index is 11.4. The molecule has 0 saturated heterocycles. The van der Waals surface area contributed by atoms with Gasteiger partial charge in [0.25, 0.3) is 0 Å². The summed E-state index contributed by atoms with van der Waals surface area (Å²) < 4.78 is 0. The van der Waals surface area contributed by atoms with Crippen molar-refractivity contribution in [3.05, 3.63) is 0 Å². The molecule has 0 aliphatic rings. The summed E-state index contributed by atoms with van der Waals surface area (Å²) in [4.78, 5) is 33.7. The van der Waals surface area contributed by atoms with E-state index in [9.17, 15) is 14.4 Å². The van der Waals surface area contributed by atoms with Crippen LogP contribution in [0.15, 0.2) is 0 Å². The van der Waals surface area contributed by atoms with Crippen molar-refractivity contribution in [1.82, 2.24) is 21.3 Å². The lowest BCUT2D eigenvalue weighted by Crippen LogP contribution is -2.47. The zero-order valence-electron chi connectivity index (χ0n) is 11.3. The van der Waals surface area contributed by atoms with Gasteiger partial charge in [0.15, 0.2) is 0 Å². The lowest BCUT2D eigenvalue weighted by molar-refractivity contribution is -0.127. The van der Waals surface area contributed by atoms with Gasteiger partial charge >= 0.3 is 0 Å². The second kappa shape index (κ2) is 7.65. The molecule has 104 valence electrons. The van der Waals surface area contributed by atoms with Crippen LogP contribution < -0.4 is 21.3 Å². The van der Waals surface area contributed by atoms with Crippen LogP contribution in [-0.4, -0.2) is 49.9 Å². The molecule has 0 atom stereocenters. The van der Waals surface area contributed by atoms with Crippen LogP contribution in [0.1, 0.15) is 20.8 Å². The number of carbonyl (C=O) groups is 3. The summed E-state index contributed by atoms with van der Waals surface area (Å²) in [5.74, 6) is -0.937. The Kier molecular flexibility index (Phi) is 6.96. The number of hydrogen-bond acceptors (Lipinski definition) is 4. The van der Waals surface area contributed by atoms with E-state index >= 15 is 0 Å². The van der Waals surface area contributed by atoms with E-state index in [4.69, 9.17) is 0 Å². The van der Waals surface area contributed by atoms with Crippen molar-refractivity contribution < 1.29 is 14.4 Å². The van der Waals surface area contributed by atoms with Gasteiger partial charge in [-0.2, -0.15) is 0 Å². The number of amides is 3. The number of hydrogen-bond donors (Lipinski definition) is 4. The normalized spacial score (nSPS) is 10.7. The molecule has 0 heterocycles. The van der Waals surface area contributed by atoms with Gasteiger partial charge in [-0.1, -0.05) is 0 Å². The molecule has 0 aromatic carbocycles. The fraction of sp³-hybridized carbons (Fsp3) is 0.727. The van der Waals surface area contributed by atoms with E-state index in [0.29, 0.717) is 0 Å². The van der Waals surface area contributed by atoms with Crippen LogP contribution >= 0.6 is 0 Å². The third-order valence-electron chi connectivity index (χ3n) is 1.74. The summed E-state index contributed by atoms with van der Waals surface area (Å²) in [6.45, 7) is 5.47. The van der Waals surface area contributed by atoms with Gasteiger partial charge in [0.05, 0.1) is 19.6 Å². The van der Waals surface area contributed by atoms with E-state index in [1.807, 2.05) is 20.8 Å². The highest BCUT2D eigenvalue weighted by molar-refractivity contribution is 5.88. The van der Waals surface area contributed by atoms with E-state index in [2.05, 4.69) is 21.3 Å². The molecule has 0 radical (unpaired) electrons. The summed E-state index contributed by atoms with van der Waals surface area (Å²) >= 11 is 0. The Morgan fingerprint density at radius 1 is 0.833 bits per heavy atom. The van der Waals surface area contributed by atoms with Gasteiger partial charge in [-0.25, -0.2) is 0 Å². The molecule has 18 heavy (non-hydrogen) atoms. The highest BCUT2D eigenvalue weighted by Crippen LogP contribution is 1.96. The molecule has 0 aliphatic carbocycles. The predicted molar refractivity (Wildman–Crippen MR) is 67.8 cm³/mol. The van der Waals surface area contributed by atoms with Gasteiger partial charge in [0.2, 0.25) is 17.7 Å². The SMILES string of the molecule is CNCC(=O)NCC(=O)NCC(=O)NC(C)(C)C. The smallest absolute Gasteiger partial charge is 0.239 e. The minimum atomic E-state index is -0.400. The van der Waals surface area contributed by atoms with Crippen LogP contribution in [0, 0.1) is 0 Å². The second-order valence-electron chi connectivity index (χ2n) is 4.88. The maximum atomic E-state index is 11.4. The third kappa shape index (κ3) is 9.59. The van der Waals surface area contributed by atoms with Gasteiger partial charge in [-0.05, 0) is 27.8 Å². The molecule has 0 aromatic heterocycles. The summed E-state index contributed by atoms with van der Waals surface area (Å²) in [6, 6.07) is 0. The first-order chi connectivity index (χ1) is 8.24. The van der Waals surface area contributed by atoms with Gasteiger partial charge in [0.1, 0.15) is 0 Å². The molecule has 0 bridgehead atoms. The lowest BCUT2D eigenvalue weighted by atomic mass is 10.1. The summed E-state index contributed by atoms with van der Waals surface area (Å²) in [5, 5.41) is 10.2. The molecule has 0 aromatic rings. The van der Waals surface area contributed by atoms with Gasteiger partial charge in [0, 0.05) is 5.54 Å². The van der Waals surface area contributed by atoms with E-state index in [1.165, 1.54) is 0 Å². The molecular formula is C11H22N4O3. The molecule has 3 amide bonds. The van der Waals surface area contributed by atoms with Gasteiger partial charge in [-0.3, -0.25) is 14.4 Å². The molecule has 0 unspecified atom stereocenters. The minimum Gasteiger partial charge on any atom is -0.350 e. The van der Waals surface area contributed by atoms with Crippen molar-refractivity contribution in [1.29, 1.82) is 0 Å². The van der Waals surface area contributed by atoms with Gasteiger partial charge < -0.3 is 21.3 Å². The van der Waals surface area contributed by atoms with Crippen molar-refractivity contribution >= 4 is 17.7 Å². The summed E-state index contributed by atoms with van der Waals surface area (Å²) in [5.41, 5.74) is -0.331. The largest absolute Gasteiger partial charge is 0.350 e. The highest BCUT2D eigenvalue weighted by atomic mass is 16.2. The van der Waals surface area contributed by atoms with Crippen molar-refractivity contribution in [2.75, 3.05) is 26.7 Å². The molecule has 0 aliphatic heterocycles. The Balaban J connectivity index is 3.77. The maximum Gasteiger partial charge on any atom is 0.239 e. The Labute approximate surface area is 107 Å². The van der Waals surface area contributed by atoms with E-state index < -0.39 is 5.91 Å². The number of likely N-dealkylation sites (N-methyl/N-ethyl adjacent to an activating group) is 1. The fourth-order valence-corrected chi connectivity index (χ4v) is 1.11. The number of rotatable bonds is 6. The lowest BCUT2D eigenvalue weighted by Gasteiger charge is -2.20. The van der Waals surface area contributed by atoms with Crippen LogP contribution in [0.25, 0.3) is 0 Å². The average Bonchev–Trinajstić information content (AvgIpc) is 2.21. The Morgan fingerprint density at radius 3 is 1.72 bits per heavy atom. The molecule has 0 rings (SSSR count). The van der Waals surface area contributed by atoms with Gasteiger partial charge in [-0.15, -0.1) is 0 Å². The monoisotopic (exact) mass is 258 g/mol. The molecule has 0 spiro atoms. The topological polar surface area (TPSA) is 99.3 Å². The van der Waals surface area contributed by atoms with E-state index in [-0.39, 0.29) is 37.0 Å². The Bertz CT molecular complexity index is 310. The second-order valence-corrected chi connectivity index (χ2v) is 4.88. The Hall–Kier alpha value is -1.63. The van der Waals surface area contributed by atoms with Crippen molar-refractivity contribution in [2.45, 2.75) is 26.3 Å². The zero-order valence-corrected chi connectivity index (χ0v) is 11.3. The quantitative estimate of drug-likeness (QED) is 0.459. The first-order valence-corrected chi connectivity index (χ1v) is 5.73. The van der Waals surface area contributed by atoms with Crippen LogP contribution in [0.5, 0.6) is 0 Å². The molecule has 4 N–H and O–H groups in total. The molecule has 7 nitrogen and oxygen atoms in total. The number of carbonyl (C=O) groups excluding carboxylic acids is 3. The third-order valence-corrected chi connectivity index (χ3v) is 1.74. The summed E-state index contributed by atoms with van der Waals surface area (Å²) in [6.07, 6.45) is 0. The molecule has 0 fully saturated rings. The van der Waals surface area contributed by atoms with Crippen LogP contribution in [0.2, 0.25) is 0 Å². The summed E-state index contributed by atoms with van der Waals surface area (Å²) in [7, 11) is 1.64. The first-order valence-electron chi connectivity index (χ1n) is 5.73. The minimum absolute atomic E-state index is 0.0992. The Morgan fingerprint density at radius 2 is 1.28 bits per heavy atom. The molecule has 7 heteroatoms. The fourth-order valence-electron chi connectivity index (χ4n) is 1.11. The van der Waals surface area contributed by atoms with Crippen molar-refractivity contribution in [3.63, 3.8) is 0 Å². The van der Waals surface area contributed by atoms with E-state index in [1.54, 1.807) is 7.05 Å². The first kappa shape index (κ1) is 16.4. The van der Waals surface area contributed by atoms with Crippen molar-refractivity contribution in [3.8, 4) is 0 Å². The van der Waals surface area contributed by atoms with Crippen LogP contribution in [0.4, 0.5) is 0 Å². The standard InChI is InChI=1S/C11H22N4O3/c1-11(2,3)15-10(18)7-14-9(17)6-13-8(16)5-12-4/h12H,5-7H2,1-4H3,(H,13,16)(H,14,17)(H,15,18). The highest BCUT2D eigenvalue weighted by Gasteiger charge is 2.14. The van der Waals surface area contributed by atoms with Crippen LogP contribution in [-0.2, 0) is 14.4 Å². The molecule has 0 saturated carbocycles. The average molecular weight is 258 g/mol. The van der Waals surface area contributed by atoms with E-state index in [0.717, 1.165) is 0 Å².